The maximum Gasteiger partial charge on any atom is 0.321 e. The molecule has 1 rings (SSSR count). The Morgan fingerprint density at radius 1 is 1.32 bits per heavy atom. The molecule has 6 heteroatoms. The molecule has 1 saturated heterocycles. The fourth-order valence-corrected chi connectivity index (χ4v) is 2.28. The molecule has 0 radical (unpaired) electrons. The normalized spacial score (nSPS) is 18.9. The molecule has 1 atom stereocenters. The lowest BCUT2D eigenvalue weighted by Gasteiger charge is -2.35. The maximum absolute atomic E-state index is 11.8. The van der Waals surface area contributed by atoms with Crippen LogP contribution in [-0.4, -0.2) is 55.6 Å². The molecule has 110 valence electrons. The zero-order valence-electron chi connectivity index (χ0n) is 12.2. The summed E-state index contributed by atoms with van der Waals surface area (Å²) in [5.41, 5.74) is 0. The molecule has 0 aromatic rings. The molecule has 0 aliphatic carbocycles. The Kier molecular flexibility index (Phi) is 6.80. The summed E-state index contributed by atoms with van der Waals surface area (Å²) in [6.45, 7) is 6.84. The molecule has 19 heavy (non-hydrogen) atoms. The van der Waals surface area contributed by atoms with Crippen molar-refractivity contribution in [3.63, 3.8) is 0 Å². The zero-order chi connectivity index (χ0) is 14.3. The highest BCUT2D eigenvalue weighted by molar-refractivity contribution is 5.96. The van der Waals surface area contributed by atoms with Gasteiger partial charge in [0.15, 0.2) is 0 Å². The van der Waals surface area contributed by atoms with Gasteiger partial charge < -0.3 is 10.6 Å². The topological polar surface area (TPSA) is 73.5 Å². The van der Waals surface area contributed by atoms with Crippen molar-refractivity contribution in [2.45, 2.75) is 45.2 Å². The fourth-order valence-electron chi connectivity index (χ4n) is 2.28. The molecule has 1 fully saturated rings. The lowest BCUT2D eigenvalue weighted by molar-refractivity contribution is -0.125. The van der Waals surface area contributed by atoms with Crippen LogP contribution in [-0.2, 0) is 4.79 Å². The summed E-state index contributed by atoms with van der Waals surface area (Å²) < 4.78 is 0. The van der Waals surface area contributed by atoms with Crippen LogP contribution in [0.15, 0.2) is 0 Å². The summed E-state index contributed by atoms with van der Waals surface area (Å²) in [6, 6.07) is -0.147. The average molecular weight is 270 g/mol. The van der Waals surface area contributed by atoms with Gasteiger partial charge in [-0.05, 0) is 32.7 Å². The second-order valence-electron chi connectivity index (χ2n) is 5.01. The molecule has 0 aromatic heterocycles. The van der Waals surface area contributed by atoms with Gasteiger partial charge in [0, 0.05) is 26.2 Å². The van der Waals surface area contributed by atoms with Crippen LogP contribution in [0.4, 0.5) is 4.79 Å². The quantitative estimate of drug-likeness (QED) is 0.671. The third-order valence-electron chi connectivity index (χ3n) is 3.60. The number of nitrogens with zero attached hydrogens (tertiary/aromatic N) is 1. The average Bonchev–Trinajstić information content (AvgIpc) is 2.44. The zero-order valence-corrected chi connectivity index (χ0v) is 12.2. The van der Waals surface area contributed by atoms with Gasteiger partial charge in [0.05, 0.1) is 6.04 Å². The number of carbonyl (C=O) groups is 2. The van der Waals surface area contributed by atoms with Crippen LogP contribution in [0.5, 0.6) is 0 Å². The van der Waals surface area contributed by atoms with Gasteiger partial charge in [0.1, 0.15) is 0 Å². The molecular weight excluding hydrogens is 244 g/mol. The van der Waals surface area contributed by atoms with Crippen molar-refractivity contribution in [3.8, 4) is 0 Å². The summed E-state index contributed by atoms with van der Waals surface area (Å²) in [7, 11) is 1.50. The monoisotopic (exact) mass is 270 g/mol. The number of rotatable bonds is 5. The highest BCUT2D eigenvalue weighted by Crippen LogP contribution is 2.13. The van der Waals surface area contributed by atoms with Gasteiger partial charge in [0.25, 0.3) is 0 Å². The molecule has 3 amide bonds. The number of nitrogens with one attached hydrogen (secondary N) is 3. The number of urea groups is 1. The van der Waals surface area contributed by atoms with Gasteiger partial charge >= 0.3 is 6.03 Å². The number of hydrogen-bond acceptors (Lipinski definition) is 4. The minimum absolute atomic E-state index is 0.237. The van der Waals surface area contributed by atoms with Crippen molar-refractivity contribution < 1.29 is 9.59 Å². The maximum atomic E-state index is 11.8. The molecule has 0 aromatic carbocycles. The first kappa shape index (κ1) is 15.9. The van der Waals surface area contributed by atoms with E-state index in [9.17, 15) is 9.59 Å². The second kappa shape index (κ2) is 8.12. The SMILES string of the molecule is CCCNC1CCN(C(C)C(=O)NC(=O)NC)CC1. The minimum Gasteiger partial charge on any atom is -0.341 e. The van der Waals surface area contributed by atoms with Crippen LogP contribution < -0.4 is 16.0 Å². The summed E-state index contributed by atoms with van der Waals surface area (Å²) in [5.74, 6) is -0.237. The van der Waals surface area contributed by atoms with Gasteiger partial charge in [-0.15, -0.1) is 0 Å². The van der Waals surface area contributed by atoms with E-state index < -0.39 is 6.03 Å². The molecule has 1 aliphatic rings. The third kappa shape index (κ3) is 5.16. The van der Waals surface area contributed by atoms with Crippen molar-refractivity contribution in [3.05, 3.63) is 0 Å². The first-order chi connectivity index (χ1) is 9.08. The van der Waals surface area contributed by atoms with Crippen LogP contribution >= 0.6 is 0 Å². The Labute approximate surface area is 115 Å². The number of hydrogen-bond donors (Lipinski definition) is 3. The van der Waals surface area contributed by atoms with Gasteiger partial charge in [-0.1, -0.05) is 6.92 Å². The van der Waals surface area contributed by atoms with Crippen molar-refractivity contribution in [1.29, 1.82) is 0 Å². The lowest BCUT2D eigenvalue weighted by Crippen LogP contribution is -2.53. The Morgan fingerprint density at radius 2 is 1.95 bits per heavy atom. The number of likely N-dealkylation sites (tertiary alicyclic amines) is 1. The molecule has 0 spiro atoms. The largest absolute Gasteiger partial charge is 0.341 e. The summed E-state index contributed by atoms with van der Waals surface area (Å²) in [6.07, 6.45) is 3.25. The van der Waals surface area contributed by atoms with Crippen LogP contribution in [0, 0.1) is 0 Å². The predicted molar refractivity (Wildman–Crippen MR) is 74.9 cm³/mol. The van der Waals surface area contributed by atoms with Crippen molar-refractivity contribution in [2.24, 2.45) is 0 Å². The Balaban J connectivity index is 2.33. The highest BCUT2D eigenvalue weighted by Gasteiger charge is 2.26. The van der Waals surface area contributed by atoms with E-state index in [-0.39, 0.29) is 11.9 Å². The lowest BCUT2D eigenvalue weighted by atomic mass is 10.0. The number of imide groups is 1. The van der Waals surface area contributed by atoms with E-state index in [1.165, 1.54) is 7.05 Å². The Morgan fingerprint density at radius 3 is 2.47 bits per heavy atom. The van der Waals surface area contributed by atoms with E-state index in [0.29, 0.717) is 6.04 Å². The van der Waals surface area contributed by atoms with E-state index >= 15 is 0 Å². The summed E-state index contributed by atoms with van der Waals surface area (Å²) in [5, 5.41) is 8.22. The molecule has 0 saturated carbocycles. The molecule has 0 bridgehead atoms. The van der Waals surface area contributed by atoms with E-state index in [2.05, 4.69) is 27.8 Å². The van der Waals surface area contributed by atoms with Crippen molar-refractivity contribution in [2.75, 3.05) is 26.7 Å². The highest BCUT2D eigenvalue weighted by atomic mass is 16.2. The van der Waals surface area contributed by atoms with Crippen molar-refractivity contribution >= 4 is 11.9 Å². The minimum atomic E-state index is -0.448. The molecule has 1 aliphatic heterocycles. The first-order valence-electron chi connectivity index (χ1n) is 7.08. The molecule has 1 heterocycles. The predicted octanol–water partition coefficient (Wildman–Crippen LogP) is 0.295. The number of piperidine rings is 1. The van der Waals surface area contributed by atoms with E-state index in [1.807, 2.05) is 6.92 Å². The smallest absolute Gasteiger partial charge is 0.321 e. The van der Waals surface area contributed by atoms with Crippen LogP contribution in [0.25, 0.3) is 0 Å². The van der Waals surface area contributed by atoms with E-state index in [0.717, 1.165) is 38.9 Å². The van der Waals surface area contributed by atoms with Gasteiger partial charge in [-0.3, -0.25) is 15.0 Å². The number of amides is 3. The fraction of sp³-hybridized carbons (Fsp3) is 0.846. The van der Waals surface area contributed by atoms with E-state index in [4.69, 9.17) is 0 Å². The standard InChI is InChI=1S/C13H26N4O2/c1-4-7-15-11-5-8-17(9-6-11)10(2)12(18)16-13(19)14-3/h10-11,15H,4-9H2,1-3H3,(H2,14,16,18,19). The first-order valence-corrected chi connectivity index (χ1v) is 7.08. The van der Waals surface area contributed by atoms with Gasteiger partial charge in [-0.2, -0.15) is 0 Å². The van der Waals surface area contributed by atoms with Gasteiger partial charge in [-0.25, -0.2) is 4.79 Å². The van der Waals surface area contributed by atoms with Crippen LogP contribution in [0.3, 0.4) is 0 Å². The molecular formula is C13H26N4O2. The third-order valence-corrected chi connectivity index (χ3v) is 3.60. The Bertz CT molecular complexity index is 301. The number of carbonyl (C=O) groups excluding carboxylic acids is 2. The van der Waals surface area contributed by atoms with E-state index in [1.54, 1.807) is 0 Å². The van der Waals surface area contributed by atoms with Gasteiger partial charge in [0.2, 0.25) is 5.91 Å². The van der Waals surface area contributed by atoms with Crippen molar-refractivity contribution in [1.82, 2.24) is 20.9 Å². The second-order valence-corrected chi connectivity index (χ2v) is 5.01. The molecule has 3 N–H and O–H groups in total. The summed E-state index contributed by atoms with van der Waals surface area (Å²) >= 11 is 0. The molecule has 6 nitrogen and oxygen atoms in total. The summed E-state index contributed by atoms with van der Waals surface area (Å²) in [4.78, 5) is 25.1. The molecule has 1 unspecified atom stereocenters. The Hall–Kier alpha value is -1.14. The van der Waals surface area contributed by atoms with Crippen LogP contribution in [0.1, 0.15) is 33.1 Å². The van der Waals surface area contributed by atoms with Crippen LogP contribution in [0.2, 0.25) is 0 Å².